The van der Waals surface area contributed by atoms with Crippen LogP contribution in [0.2, 0.25) is 0 Å². The fourth-order valence-electron chi connectivity index (χ4n) is 3.52. The number of carbonyl (C=O) groups is 1. The van der Waals surface area contributed by atoms with Crippen LogP contribution in [0.1, 0.15) is 38.2 Å². The fourth-order valence-corrected chi connectivity index (χ4v) is 3.52. The van der Waals surface area contributed by atoms with Crippen LogP contribution in [0.3, 0.4) is 0 Å². The number of aliphatic imine (C=N–C) groups is 1. The zero-order valence-electron chi connectivity index (χ0n) is 17.7. The Morgan fingerprint density at radius 3 is 2.52 bits per heavy atom. The molecule has 1 saturated heterocycles. The Bertz CT molecular complexity index is 665. The van der Waals surface area contributed by atoms with E-state index in [9.17, 15) is 4.79 Å². The zero-order valence-corrected chi connectivity index (χ0v) is 17.7. The van der Waals surface area contributed by atoms with Gasteiger partial charge < -0.3 is 25.0 Å². The van der Waals surface area contributed by atoms with E-state index in [-0.39, 0.29) is 12.5 Å². The molecule has 1 aliphatic carbocycles. The van der Waals surface area contributed by atoms with Gasteiger partial charge >= 0.3 is 0 Å². The SMILES string of the molecule is CCOC1CCN(C(=NC)NCCc2ccc(OCC(=O)NC3CC3)cc2)CC1. The number of ether oxygens (including phenoxy) is 2. The summed E-state index contributed by atoms with van der Waals surface area (Å²) in [6.45, 7) is 5.69. The Hall–Kier alpha value is -2.28. The van der Waals surface area contributed by atoms with Crippen LogP contribution >= 0.6 is 0 Å². The van der Waals surface area contributed by atoms with Crippen molar-refractivity contribution in [3.8, 4) is 5.75 Å². The summed E-state index contributed by atoms with van der Waals surface area (Å²) >= 11 is 0. The highest BCUT2D eigenvalue weighted by Crippen LogP contribution is 2.18. The van der Waals surface area contributed by atoms with Crippen LogP contribution in [-0.4, -0.2) is 68.8 Å². The van der Waals surface area contributed by atoms with Crippen molar-refractivity contribution in [1.29, 1.82) is 0 Å². The number of hydrogen-bond donors (Lipinski definition) is 2. The summed E-state index contributed by atoms with van der Waals surface area (Å²) in [4.78, 5) is 18.4. The molecular weight excluding hydrogens is 368 g/mol. The number of nitrogens with zero attached hydrogens (tertiary/aromatic N) is 2. The van der Waals surface area contributed by atoms with Crippen LogP contribution in [-0.2, 0) is 16.0 Å². The molecule has 1 aromatic rings. The minimum atomic E-state index is -0.0440. The van der Waals surface area contributed by atoms with Gasteiger partial charge in [0.1, 0.15) is 5.75 Å². The van der Waals surface area contributed by atoms with Crippen molar-refractivity contribution in [3.63, 3.8) is 0 Å². The molecule has 2 aliphatic rings. The Kier molecular flexibility index (Phi) is 8.16. The van der Waals surface area contributed by atoms with Crippen molar-refractivity contribution in [2.75, 3.05) is 39.9 Å². The van der Waals surface area contributed by atoms with Crippen LogP contribution in [0.25, 0.3) is 0 Å². The van der Waals surface area contributed by atoms with Gasteiger partial charge in [-0.15, -0.1) is 0 Å². The first-order valence-corrected chi connectivity index (χ1v) is 10.8. The number of rotatable bonds is 9. The van der Waals surface area contributed by atoms with Crippen LogP contribution in [0.5, 0.6) is 5.75 Å². The molecule has 160 valence electrons. The largest absolute Gasteiger partial charge is 0.484 e. The molecule has 3 rings (SSSR count). The Labute approximate surface area is 173 Å². The molecule has 1 aromatic carbocycles. The van der Waals surface area contributed by atoms with Crippen LogP contribution < -0.4 is 15.4 Å². The van der Waals surface area contributed by atoms with Gasteiger partial charge in [0.25, 0.3) is 5.91 Å². The highest BCUT2D eigenvalue weighted by atomic mass is 16.5. The minimum Gasteiger partial charge on any atom is -0.484 e. The summed E-state index contributed by atoms with van der Waals surface area (Å²) < 4.78 is 11.3. The van der Waals surface area contributed by atoms with Gasteiger partial charge in [-0.25, -0.2) is 0 Å². The lowest BCUT2D eigenvalue weighted by Crippen LogP contribution is -2.47. The first-order chi connectivity index (χ1) is 14.2. The highest BCUT2D eigenvalue weighted by molar-refractivity contribution is 5.80. The monoisotopic (exact) mass is 402 g/mol. The number of piperidine rings is 1. The molecular formula is C22H34N4O3. The summed E-state index contributed by atoms with van der Waals surface area (Å²) in [5.74, 6) is 1.64. The molecule has 0 bridgehead atoms. The third-order valence-electron chi connectivity index (χ3n) is 5.29. The van der Waals surface area contributed by atoms with Gasteiger partial charge in [-0.2, -0.15) is 0 Å². The average Bonchev–Trinajstić information content (AvgIpc) is 3.55. The second kappa shape index (κ2) is 11.0. The molecule has 0 unspecified atom stereocenters. The van der Waals surface area contributed by atoms with E-state index in [4.69, 9.17) is 9.47 Å². The molecule has 0 aromatic heterocycles. The number of amides is 1. The molecule has 2 fully saturated rings. The molecule has 7 nitrogen and oxygen atoms in total. The Morgan fingerprint density at radius 1 is 1.17 bits per heavy atom. The lowest BCUT2D eigenvalue weighted by molar-refractivity contribution is -0.123. The first-order valence-electron chi connectivity index (χ1n) is 10.8. The molecule has 1 amide bonds. The van der Waals surface area contributed by atoms with Crippen molar-refractivity contribution in [2.45, 2.75) is 51.2 Å². The Morgan fingerprint density at radius 2 is 1.90 bits per heavy atom. The normalized spacial score (nSPS) is 17.9. The summed E-state index contributed by atoms with van der Waals surface area (Å²) in [6.07, 6.45) is 5.56. The van der Waals surface area contributed by atoms with Gasteiger partial charge in [-0.05, 0) is 56.7 Å². The number of benzene rings is 1. The lowest BCUT2D eigenvalue weighted by atomic mass is 10.1. The van der Waals surface area contributed by atoms with E-state index < -0.39 is 0 Å². The maximum Gasteiger partial charge on any atom is 0.258 e. The quantitative estimate of drug-likeness (QED) is 0.488. The maximum absolute atomic E-state index is 11.7. The summed E-state index contributed by atoms with van der Waals surface area (Å²) in [7, 11) is 1.84. The Balaban J connectivity index is 1.35. The third kappa shape index (κ3) is 7.24. The predicted octanol–water partition coefficient (Wildman–Crippen LogP) is 1.96. The number of likely N-dealkylation sites (tertiary alicyclic amines) is 1. The summed E-state index contributed by atoms with van der Waals surface area (Å²) in [6, 6.07) is 8.31. The van der Waals surface area contributed by atoms with Crippen molar-refractivity contribution < 1.29 is 14.3 Å². The van der Waals surface area contributed by atoms with Gasteiger partial charge in [0.2, 0.25) is 0 Å². The topological polar surface area (TPSA) is 75.2 Å². The number of guanidine groups is 1. The molecule has 0 radical (unpaired) electrons. The van der Waals surface area contributed by atoms with Crippen molar-refractivity contribution >= 4 is 11.9 Å². The number of hydrogen-bond acceptors (Lipinski definition) is 4. The molecule has 0 spiro atoms. The molecule has 2 N–H and O–H groups in total. The maximum atomic E-state index is 11.7. The van der Waals surface area contributed by atoms with Gasteiger partial charge in [0.05, 0.1) is 6.10 Å². The minimum absolute atomic E-state index is 0.0440. The first kappa shape index (κ1) is 21.4. The molecule has 0 atom stereocenters. The highest BCUT2D eigenvalue weighted by Gasteiger charge is 2.23. The van der Waals surface area contributed by atoms with Crippen molar-refractivity contribution in [3.05, 3.63) is 29.8 Å². The number of nitrogens with one attached hydrogen (secondary N) is 2. The number of carbonyl (C=O) groups excluding carboxylic acids is 1. The van der Waals surface area contributed by atoms with E-state index in [1.807, 2.05) is 31.3 Å². The van der Waals surface area contributed by atoms with Crippen LogP contribution in [0.4, 0.5) is 0 Å². The molecule has 1 saturated carbocycles. The van der Waals surface area contributed by atoms with E-state index in [0.29, 0.717) is 12.1 Å². The average molecular weight is 403 g/mol. The van der Waals surface area contributed by atoms with E-state index in [2.05, 4.69) is 27.4 Å². The van der Waals surface area contributed by atoms with E-state index in [0.717, 1.165) is 70.1 Å². The second-order valence-electron chi connectivity index (χ2n) is 7.64. The van der Waals surface area contributed by atoms with Gasteiger partial charge in [-0.3, -0.25) is 9.79 Å². The van der Waals surface area contributed by atoms with E-state index in [1.165, 1.54) is 5.56 Å². The smallest absolute Gasteiger partial charge is 0.258 e. The van der Waals surface area contributed by atoms with Gasteiger partial charge in [-0.1, -0.05) is 12.1 Å². The summed E-state index contributed by atoms with van der Waals surface area (Å²) in [5, 5.41) is 6.38. The van der Waals surface area contributed by atoms with Gasteiger partial charge in [0, 0.05) is 39.3 Å². The summed E-state index contributed by atoms with van der Waals surface area (Å²) in [5.41, 5.74) is 1.22. The molecule has 7 heteroatoms. The standard InChI is InChI=1S/C22H34N4O3/c1-3-28-20-11-14-26(15-12-20)22(23-2)24-13-10-17-4-8-19(9-5-17)29-16-21(27)25-18-6-7-18/h4-5,8-9,18,20H,3,6-7,10-16H2,1-2H3,(H,23,24)(H,25,27). The van der Waals surface area contributed by atoms with Gasteiger partial charge in [0.15, 0.2) is 12.6 Å². The lowest BCUT2D eigenvalue weighted by Gasteiger charge is -2.34. The van der Waals surface area contributed by atoms with Crippen molar-refractivity contribution in [2.24, 2.45) is 4.99 Å². The molecule has 1 aliphatic heterocycles. The van der Waals surface area contributed by atoms with E-state index >= 15 is 0 Å². The zero-order chi connectivity index (χ0) is 20.5. The van der Waals surface area contributed by atoms with E-state index in [1.54, 1.807) is 0 Å². The van der Waals surface area contributed by atoms with Crippen LogP contribution in [0.15, 0.2) is 29.3 Å². The second-order valence-corrected chi connectivity index (χ2v) is 7.64. The molecule has 1 heterocycles. The predicted molar refractivity (Wildman–Crippen MR) is 114 cm³/mol. The van der Waals surface area contributed by atoms with Crippen LogP contribution in [0, 0.1) is 0 Å². The molecule has 29 heavy (non-hydrogen) atoms. The fraction of sp³-hybridized carbons (Fsp3) is 0.636. The third-order valence-corrected chi connectivity index (χ3v) is 5.29. The van der Waals surface area contributed by atoms with Crippen molar-refractivity contribution in [1.82, 2.24) is 15.5 Å².